The summed E-state index contributed by atoms with van der Waals surface area (Å²) < 4.78 is 37.1. The Labute approximate surface area is 122 Å². The van der Waals surface area contributed by atoms with Crippen LogP contribution in [0, 0.1) is 0 Å². The Bertz CT molecular complexity index is 673. The molecule has 1 fully saturated rings. The van der Waals surface area contributed by atoms with Crippen LogP contribution < -0.4 is 14.8 Å². The first-order valence-corrected chi connectivity index (χ1v) is 8.11. The van der Waals surface area contributed by atoms with Crippen molar-refractivity contribution in [2.45, 2.75) is 17.4 Å². The van der Waals surface area contributed by atoms with Gasteiger partial charge in [-0.15, -0.1) is 0 Å². The largest absolute Gasteiger partial charge is 0.486 e. The summed E-state index contributed by atoms with van der Waals surface area (Å²) in [5.74, 6) is 0.661. The van der Waals surface area contributed by atoms with E-state index in [9.17, 15) is 13.2 Å². The number of nitrogens with zero attached hydrogens (tertiary/aromatic N) is 1. The Hall–Kier alpha value is -1.80. The molecule has 3 rings (SSSR count). The van der Waals surface area contributed by atoms with Gasteiger partial charge < -0.3 is 14.8 Å². The van der Waals surface area contributed by atoms with Crippen molar-refractivity contribution in [3.8, 4) is 11.5 Å². The molecule has 1 N–H and O–H groups in total. The fraction of sp³-hybridized carbons (Fsp3) is 0.462. The molecule has 1 amide bonds. The highest BCUT2D eigenvalue weighted by Gasteiger charge is 2.42. The van der Waals surface area contributed by atoms with E-state index in [-0.39, 0.29) is 10.8 Å². The van der Waals surface area contributed by atoms with E-state index in [1.54, 1.807) is 6.07 Å². The number of carbonyl (C=O) groups excluding carboxylic acids is 1. The van der Waals surface area contributed by atoms with Crippen molar-refractivity contribution in [3.05, 3.63) is 18.2 Å². The molecule has 2 aliphatic rings. The average molecular weight is 312 g/mol. The first-order valence-electron chi connectivity index (χ1n) is 6.67. The zero-order chi connectivity index (χ0) is 15.0. The monoisotopic (exact) mass is 312 g/mol. The lowest BCUT2D eigenvalue weighted by Crippen LogP contribution is -2.57. The van der Waals surface area contributed by atoms with E-state index in [1.165, 1.54) is 23.5 Å². The standard InChI is InChI=1S/C13H16N2O5S/c1-14-13(16)10-4-5-15(10)21(17,18)9-2-3-11-12(8-9)20-7-6-19-11/h2-3,8,10H,4-7H2,1H3,(H,14,16)/t10-/m0/s1. The molecule has 2 heterocycles. The average Bonchev–Trinajstić information content (AvgIpc) is 2.45. The predicted molar refractivity (Wildman–Crippen MR) is 73.8 cm³/mol. The number of nitrogens with one attached hydrogen (secondary N) is 1. The molecule has 0 unspecified atom stereocenters. The van der Waals surface area contributed by atoms with Gasteiger partial charge in [0.2, 0.25) is 15.9 Å². The van der Waals surface area contributed by atoms with Crippen LogP contribution in [-0.4, -0.2) is 51.5 Å². The normalized spacial score (nSPS) is 21.5. The third kappa shape index (κ3) is 2.34. The molecule has 114 valence electrons. The number of sulfonamides is 1. The quantitative estimate of drug-likeness (QED) is 0.847. The molecule has 0 aliphatic carbocycles. The van der Waals surface area contributed by atoms with E-state index < -0.39 is 16.1 Å². The molecule has 0 radical (unpaired) electrons. The van der Waals surface area contributed by atoms with E-state index >= 15 is 0 Å². The number of likely N-dealkylation sites (N-methyl/N-ethyl adjacent to an activating group) is 1. The number of benzene rings is 1. The summed E-state index contributed by atoms with van der Waals surface area (Å²) in [6.07, 6.45) is 0.531. The molecule has 0 bridgehead atoms. The summed E-state index contributed by atoms with van der Waals surface area (Å²) in [7, 11) is -2.21. The Kier molecular flexibility index (Phi) is 3.50. The van der Waals surface area contributed by atoms with Crippen molar-refractivity contribution >= 4 is 15.9 Å². The lowest BCUT2D eigenvalue weighted by Gasteiger charge is -2.38. The second-order valence-corrected chi connectivity index (χ2v) is 6.73. The van der Waals surface area contributed by atoms with Gasteiger partial charge in [-0.3, -0.25) is 4.79 Å². The highest BCUT2D eigenvalue weighted by atomic mass is 32.2. The van der Waals surface area contributed by atoms with Crippen LogP contribution in [-0.2, 0) is 14.8 Å². The van der Waals surface area contributed by atoms with Gasteiger partial charge in [0.25, 0.3) is 0 Å². The first-order chi connectivity index (χ1) is 10.0. The molecular formula is C13H16N2O5S. The number of amides is 1. The fourth-order valence-corrected chi connectivity index (χ4v) is 4.05. The number of hydrogen-bond acceptors (Lipinski definition) is 5. The molecule has 0 spiro atoms. The number of hydrogen-bond donors (Lipinski definition) is 1. The Balaban J connectivity index is 1.90. The van der Waals surface area contributed by atoms with Crippen LogP contribution in [0.4, 0.5) is 0 Å². The SMILES string of the molecule is CNC(=O)[C@@H]1CCN1S(=O)(=O)c1ccc2c(c1)OCCO2. The van der Waals surface area contributed by atoms with Crippen molar-refractivity contribution in [2.75, 3.05) is 26.8 Å². The van der Waals surface area contributed by atoms with Crippen LogP contribution in [0.25, 0.3) is 0 Å². The van der Waals surface area contributed by atoms with Gasteiger partial charge in [0.15, 0.2) is 11.5 Å². The van der Waals surface area contributed by atoms with Gasteiger partial charge in [0, 0.05) is 19.7 Å². The van der Waals surface area contributed by atoms with Crippen LogP contribution in [0.15, 0.2) is 23.1 Å². The first kappa shape index (κ1) is 14.2. The van der Waals surface area contributed by atoms with E-state index in [1.807, 2.05) is 0 Å². The second-order valence-electron chi connectivity index (χ2n) is 4.84. The molecule has 7 nitrogen and oxygen atoms in total. The van der Waals surface area contributed by atoms with Crippen molar-refractivity contribution in [1.82, 2.24) is 9.62 Å². The van der Waals surface area contributed by atoms with Crippen molar-refractivity contribution < 1.29 is 22.7 Å². The molecule has 1 aromatic rings. The predicted octanol–water partition coefficient (Wildman–Crippen LogP) is -0.0332. The Morgan fingerprint density at radius 3 is 2.62 bits per heavy atom. The minimum atomic E-state index is -3.70. The van der Waals surface area contributed by atoms with Gasteiger partial charge >= 0.3 is 0 Å². The number of carbonyl (C=O) groups is 1. The van der Waals surface area contributed by atoms with E-state index in [4.69, 9.17) is 9.47 Å². The van der Waals surface area contributed by atoms with Crippen LogP contribution in [0.3, 0.4) is 0 Å². The molecule has 1 saturated heterocycles. The van der Waals surface area contributed by atoms with Crippen LogP contribution in [0.1, 0.15) is 6.42 Å². The van der Waals surface area contributed by atoms with Gasteiger partial charge in [-0.2, -0.15) is 4.31 Å². The van der Waals surface area contributed by atoms with Crippen LogP contribution in [0.2, 0.25) is 0 Å². The lowest BCUT2D eigenvalue weighted by atomic mass is 10.1. The molecule has 1 atom stereocenters. The minimum Gasteiger partial charge on any atom is -0.486 e. The number of rotatable bonds is 3. The number of ether oxygens (including phenoxy) is 2. The molecule has 2 aliphatic heterocycles. The zero-order valence-electron chi connectivity index (χ0n) is 11.5. The smallest absolute Gasteiger partial charge is 0.243 e. The van der Waals surface area contributed by atoms with Gasteiger partial charge in [-0.05, 0) is 18.6 Å². The minimum absolute atomic E-state index is 0.111. The summed E-state index contributed by atoms with van der Waals surface area (Å²) in [6, 6.07) is 3.87. The van der Waals surface area contributed by atoms with Gasteiger partial charge in [-0.25, -0.2) is 8.42 Å². The van der Waals surface area contributed by atoms with Crippen LogP contribution in [0.5, 0.6) is 11.5 Å². The third-order valence-electron chi connectivity index (χ3n) is 3.64. The fourth-order valence-electron chi connectivity index (χ4n) is 2.40. The maximum atomic E-state index is 12.6. The summed E-state index contributed by atoms with van der Waals surface area (Å²) in [6.45, 7) is 1.18. The topological polar surface area (TPSA) is 84.9 Å². The maximum absolute atomic E-state index is 12.6. The Morgan fingerprint density at radius 2 is 2.00 bits per heavy atom. The van der Waals surface area contributed by atoms with Crippen molar-refractivity contribution in [3.63, 3.8) is 0 Å². The van der Waals surface area contributed by atoms with Gasteiger partial charge in [-0.1, -0.05) is 0 Å². The van der Waals surface area contributed by atoms with Crippen LogP contribution >= 0.6 is 0 Å². The molecule has 21 heavy (non-hydrogen) atoms. The molecule has 1 aromatic carbocycles. The van der Waals surface area contributed by atoms with Crippen molar-refractivity contribution in [2.24, 2.45) is 0 Å². The Morgan fingerprint density at radius 1 is 1.29 bits per heavy atom. The molecular weight excluding hydrogens is 296 g/mol. The zero-order valence-corrected chi connectivity index (χ0v) is 12.4. The summed E-state index contributed by atoms with van der Waals surface area (Å²) in [4.78, 5) is 11.8. The van der Waals surface area contributed by atoms with Crippen molar-refractivity contribution in [1.29, 1.82) is 0 Å². The molecule has 0 aromatic heterocycles. The summed E-state index contributed by atoms with van der Waals surface area (Å²) in [5.41, 5.74) is 0. The number of fused-ring (bicyclic) bond motifs is 1. The van der Waals surface area contributed by atoms with Gasteiger partial charge in [0.1, 0.15) is 19.3 Å². The van der Waals surface area contributed by atoms with E-state index in [2.05, 4.69) is 5.32 Å². The summed E-state index contributed by atoms with van der Waals surface area (Å²) >= 11 is 0. The highest BCUT2D eigenvalue weighted by Crippen LogP contribution is 2.35. The van der Waals surface area contributed by atoms with E-state index in [0.717, 1.165) is 0 Å². The highest BCUT2D eigenvalue weighted by molar-refractivity contribution is 7.89. The summed E-state index contributed by atoms with van der Waals surface area (Å²) in [5, 5.41) is 2.48. The van der Waals surface area contributed by atoms with E-state index in [0.29, 0.717) is 37.7 Å². The van der Waals surface area contributed by atoms with Gasteiger partial charge in [0.05, 0.1) is 4.90 Å². The third-order valence-corrected chi connectivity index (χ3v) is 5.54. The molecule has 0 saturated carbocycles. The second kappa shape index (κ2) is 5.19. The lowest BCUT2D eigenvalue weighted by molar-refractivity contribution is -0.127. The maximum Gasteiger partial charge on any atom is 0.243 e. The molecule has 8 heteroatoms.